The molecule has 0 spiro atoms. The van der Waals surface area contributed by atoms with E-state index in [1.165, 1.54) is 5.56 Å². The number of rotatable bonds is 5. The Balaban J connectivity index is 2.17. The van der Waals surface area contributed by atoms with Gasteiger partial charge < -0.3 is 9.84 Å². The zero-order chi connectivity index (χ0) is 8.81. The highest BCUT2D eigenvalue weighted by molar-refractivity contribution is 7.07. The third-order valence-corrected chi connectivity index (χ3v) is 2.44. The largest absolute Gasteiger partial charge is 0.391 e. The summed E-state index contributed by atoms with van der Waals surface area (Å²) in [4.78, 5) is 0. The minimum absolute atomic E-state index is 0.324. The third-order valence-electron chi connectivity index (χ3n) is 1.71. The summed E-state index contributed by atoms with van der Waals surface area (Å²) in [6.45, 7) is 0.435. The topological polar surface area (TPSA) is 29.5 Å². The van der Waals surface area contributed by atoms with Crippen LogP contribution in [0.4, 0.5) is 0 Å². The van der Waals surface area contributed by atoms with Crippen LogP contribution in [0, 0.1) is 0 Å². The average Bonchev–Trinajstić information content (AvgIpc) is 2.53. The lowest BCUT2D eigenvalue weighted by atomic mass is 10.1. The molecule has 12 heavy (non-hydrogen) atoms. The summed E-state index contributed by atoms with van der Waals surface area (Å²) in [5.74, 6) is 0. The van der Waals surface area contributed by atoms with Crippen molar-refractivity contribution in [3.05, 3.63) is 22.4 Å². The monoisotopic (exact) mass is 186 g/mol. The second-order valence-electron chi connectivity index (χ2n) is 2.78. The van der Waals surface area contributed by atoms with Gasteiger partial charge in [-0.05, 0) is 35.2 Å². The summed E-state index contributed by atoms with van der Waals surface area (Å²) < 4.78 is 4.83. The summed E-state index contributed by atoms with van der Waals surface area (Å²) in [7, 11) is 1.60. The Labute approximate surface area is 76.8 Å². The SMILES string of the molecule is COCC(O)CCc1ccsc1. The van der Waals surface area contributed by atoms with E-state index < -0.39 is 0 Å². The van der Waals surface area contributed by atoms with Gasteiger partial charge in [-0.1, -0.05) is 0 Å². The van der Waals surface area contributed by atoms with Gasteiger partial charge in [-0.2, -0.15) is 11.3 Å². The van der Waals surface area contributed by atoms with Crippen molar-refractivity contribution < 1.29 is 9.84 Å². The quantitative estimate of drug-likeness (QED) is 0.758. The molecule has 0 saturated heterocycles. The lowest BCUT2D eigenvalue weighted by Gasteiger charge is -2.07. The molecule has 2 nitrogen and oxygen atoms in total. The smallest absolute Gasteiger partial charge is 0.0776 e. The van der Waals surface area contributed by atoms with E-state index in [0.29, 0.717) is 6.61 Å². The van der Waals surface area contributed by atoms with Gasteiger partial charge in [0, 0.05) is 7.11 Å². The predicted octanol–water partition coefficient (Wildman–Crippen LogP) is 1.69. The first kappa shape index (κ1) is 9.71. The first-order valence-corrected chi connectivity index (χ1v) is 4.95. The van der Waals surface area contributed by atoms with Gasteiger partial charge in [0.25, 0.3) is 0 Å². The number of ether oxygens (including phenoxy) is 1. The molecule has 0 bridgehead atoms. The van der Waals surface area contributed by atoms with Gasteiger partial charge in [0.15, 0.2) is 0 Å². The molecule has 0 aliphatic heterocycles. The van der Waals surface area contributed by atoms with Gasteiger partial charge in [0.05, 0.1) is 12.7 Å². The molecule has 1 unspecified atom stereocenters. The average molecular weight is 186 g/mol. The maximum absolute atomic E-state index is 9.33. The number of aryl methyl sites for hydroxylation is 1. The van der Waals surface area contributed by atoms with Crippen molar-refractivity contribution in [1.29, 1.82) is 0 Å². The zero-order valence-electron chi connectivity index (χ0n) is 7.19. The van der Waals surface area contributed by atoms with Crippen LogP contribution in [-0.4, -0.2) is 24.9 Å². The second-order valence-corrected chi connectivity index (χ2v) is 3.56. The normalized spacial score (nSPS) is 13.2. The molecule has 0 fully saturated rings. The Morgan fingerprint density at radius 2 is 2.50 bits per heavy atom. The molecule has 0 radical (unpaired) electrons. The number of thiophene rings is 1. The number of hydrogen-bond donors (Lipinski definition) is 1. The molecule has 1 heterocycles. The first-order chi connectivity index (χ1) is 5.83. The van der Waals surface area contributed by atoms with Crippen molar-refractivity contribution in [2.45, 2.75) is 18.9 Å². The fourth-order valence-electron chi connectivity index (χ4n) is 1.04. The lowest BCUT2D eigenvalue weighted by Crippen LogP contribution is -2.14. The van der Waals surface area contributed by atoms with Gasteiger partial charge in [-0.25, -0.2) is 0 Å². The number of aliphatic hydroxyl groups excluding tert-OH is 1. The van der Waals surface area contributed by atoms with Crippen LogP contribution < -0.4 is 0 Å². The van der Waals surface area contributed by atoms with E-state index in [2.05, 4.69) is 16.8 Å². The van der Waals surface area contributed by atoms with Crippen LogP contribution in [0.2, 0.25) is 0 Å². The minimum Gasteiger partial charge on any atom is -0.391 e. The van der Waals surface area contributed by atoms with Crippen LogP contribution in [0.5, 0.6) is 0 Å². The maximum atomic E-state index is 9.33. The van der Waals surface area contributed by atoms with Crippen LogP contribution >= 0.6 is 11.3 Å². The van der Waals surface area contributed by atoms with E-state index >= 15 is 0 Å². The van der Waals surface area contributed by atoms with Crippen molar-refractivity contribution in [2.75, 3.05) is 13.7 Å². The second kappa shape index (κ2) is 5.30. The van der Waals surface area contributed by atoms with Crippen molar-refractivity contribution in [1.82, 2.24) is 0 Å². The molecule has 1 aromatic heterocycles. The first-order valence-electron chi connectivity index (χ1n) is 4.01. The molecule has 3 heteroatoms. The molecule has 68 valence electrons. The van der Waals surface area contributed by atoms with E-state index in [1.54, 1.807) is 18.4 Å². The minimum atomic E-state index is -0.324. The van der Waals surface area contributed by atoms with Crippen molar-refractivity contribution >= 4 is 11.3 Å². The molecule has 0 amide bonds. The summed E-state index contributed by atoms with van der Waals surface area (Å²) in [6.07, 6.45) is 1.40. The predicted molar refractivity (Wildman–Crippen MR) is 50.5 cm³/mol. The molecular weight excluding hydrogens is 172 g/mol. The van der Waals surface area contributed by atoms with E-state index in [-0.39, 0.29) is 6.10 Å². The van der Waals surface area contributed by atoms with Crippen molar-refractivity contribution in [3.63, 3.8) is 0 Å². The molecule has 1 rings (SSSR count). The van der Waals surface area contributed by atoms with Crippen LogP contribution in [0.25, 0.3) is 0 Å². The van der Waals surface area contributed by atoms with Crippen LogP contribution in [0.15, 0.2) is 16.8 Å². The standard InChI is InChI=1S/C9H14O2S/c1-11-6-9(10)3-2-8-4-5-12-7-8/h4-5,7,9-10H,2-3,6H2,1H3. The molecule has 1 atom stereocenters. The summed E-state index contributed by atoms with van der Waals surface area (Å²) >= 11 is 1.69. The molecule has 0 saturated carbocycles. The Bertz CT molecular complexity index is 196. The van der Waals surface area contributed by atoms with Gasteiger partial charge >= 0.3 is 0 Å². The van der Waals surface area contributed by atoms with E-state index in [4.69, 9.17) is 4.74 Å². The van der Waals surface area contributed by atoms with Gasteiger partial charge in [0.2, 0.25) is 0 Å². The van der Waals surface area contributed by atoms with Crippen LogP contribution in [0.1, 0.15) is 12.0 Å². The molecule has 0 aliphatic rings. The summed E-state index contributed by atoms with van der Waals surface area (Å²) in [5, 5.41) is 13.5. The highest BCUT2D eigenvalue weighted by atomic mass is 32.1. The van der Waals surface area contributed by atoms with Crippen molar-refractivity contribution in [3.8, 4) is 0 Å². The molecule has 0 aliphatic carbocycles. The van der Waals surface area contributed by atoms with Gasteiger partial charge in [-0.15, -0.1) is 0 Å². The third kappa shape index (κ3) is 3.34. The Morgan fingerprint density at radius 3 is 3.08 bits per heavy atom. The Hall–Kier alpha value is -0.380. The lowest BCUT2D eigenvalue weighted by molar-refractivity contribution is 0.0595. The number of aliphatic hydroxyl groups is 1. The molecule has 1 N–H and O–H groups in total. The molecule has 0 aromatic carbocycles. The fraction of sp³-hybridized carbons (Fsp3) is 0.556. The maximum Gasteiger partial charge on any atom is 0.0776 e. The van der Waals surface area contributed by atoms with Gasteiger partial charge in [-0.3, -0.25) is 0 Å². The zero-order valence-corrected chi connectivity index (χ0v) is 8.01. The van der Waals surface area contributed by atoms with E-state index in [1.807, 2.05) is 0 Å². The van der Waals surface area contributed by atoms with E-state index in [0.717, 1.165) is 12.8 Å². The van der Waals surface area contributed by atoms with E-state index in [9.17, 15) is 5.11 Å². The van der Waals surface area contributed by atoms with Gasteiger partial charge in [0.1, 0.15) is 0 Å². The number of methoxy groups -OCH3 is 1. The fourth-order valence-corrected chi connectivity index (χ4v) is 1.75. The van der Waals surface area contributed by atoms with Crippen molar-refractivity contribution in [2.24, 2.45) is 0 Å². The van der Waals surface area contributed by atoms with Crippen LogP contribution in [-0.2, 0) is 11.2 Å². The number of hydrogen-bond acceptors (Lipinski definition) is 3. The summed E-state index contributed by atoms with van der Waals surface area (Å²) in [5.41, 5.74) is 1.30. The molecular formula is C9H14O2S. The molecule has 1 aromatic rings. The van der Waals surface area contributed by atoms with Crippen LogP contribution in [0.3, 0.4) is 0 Å². The Kier molecular flexibility index (Phi) is 4.29. The highest BCUT2D eigenvalue weighted by Gasteiger charge is 2.03. The summed E-state index contributed by atoms with van der Waals surface area (Å²) in [6, 6.07) is 2.09. The Morgan fingerprint density at radius 1 is 1.67 bits per heavy atom. The highest BCUT2D eigenvalue weighted by Crippen LogP contribution is 2.09.